The Balaban J connectivity index is 1.60. The van der Waals surface area contributed by atoms with Gasteiger partial charge in [0, 0.05) is 12.6 Å². The minimum atomic E-state index is -0.464. The lowest BCUT2D eigenvalue weighted by Gasteiger charge is -2.31. The fraction of sp³-hybridized carbons (Fsp3) is 0.632. The summed E-state index contributed by atoms with van der Waals surface area (Å²) in [4.78, 5) is 14.5. The van der Waals surface area contributed by atoms with Gasteiger partial charge in [0.05, 0.1) is 6.04 Å². The minimum absolute atomic E-state index is 0.0471. The van der Waals surface area contributed by atoms with E-state index in [9.17, 15) is 4.79 Å². The first kappa shape index (κ1) is 18.0. The molecule has 3 N–H and O–H groups in total. The number of amides is 1. The van der Waals surface area contributed by atoms with Crippen molar-refractivity contribution in [3.05, 3.63) is 35.9 Å². The van der Waals surface area contributed by atoms with Crippen molar-refractivity contribution in [3.63, 3.8) is 0 Å². The molecule has 0 saturated heterocycles. The summed E-state index contributed by atoms with van der Waals surface area (Å²) in [7, 11) is 2.21. The van der Waals surface area contributed by atoms with Gasteiger partial charge in [-0.3, -0.25) is 4.79 Å². The Kier molecular flexibility index (Phi) is 7.56. The second-order valence-corrected chi connectivity index (χ2v) is 6.71. The molecule has 1 aliphatic carbocycles. The fourth-order valence-electron chi connectivity index (χ4n) is 3.34. The molecular formula is C19H31N3O. The van der Waals surface area contributed by atoms with E-state index in [0.29, 0.717) is 13.0 Å². The van der Waals surface area contributed by atoms with Gasteiger partial charge in [-0.05, 0) is 44.8 Å². The van der Waals surface area contributed by atoms with Crippen LogP contribution in [0.25, 0.3) is 0 Å². The lowest BCUT2D eigenvalue weighted by Crippen LogP contribution is -2.43. The number of nitrogens with one attached hydrogen (secondary N) is 1. The minimum Gasteiger partial charge on any atom is -0.355 e. The lowest BCUT2D eigenvalue weighted by molar-refractivity contribution is -0.122. The zero-order chi connectivity index (χ0) is 16.5. The van der Waals surface area contributed by atoms with Gasteiger partial charge in [0.1, 0.15) is 0 Å². The molecule has 1 aromatic carbocycles. The Morgan fingerprint density at radius 1 is 1.26 bits per heavy atom. The summed E-state index contributed by atoms with van der Waals surface area (Å²) in [6.07, 6.45) is 8.33. The molecule has 1 aromatic rings. The summed E-state index contributed by atoms with van der Waals surface area (Å²) in [6.45, 7) is 1.75. The Morgan fingerprint density at radius 2 is 1.96 bits per heavy atom. The van der Waals surface area contributed by atoms with Crippen LogP contribution in [-0.4, -0.2) is 43.0 Å². The predicted molar refractivity (Wildman–Crippen MR) is 95.3 cm³/mol. The molecule has 1 atom stereocenters. The van der Waals surface area contributed by atoms with E-state index >= 15 is 0 Å². The van der Waals surface area contributed by atoms with Crippen LogP contribution in [0.5, 0.6) is 0 Å². The monoisotopic (exact) mass is 317 g/mol. The van der Waals surface area contributed by atoms with Gasteiger partial charge in [-0.2, -0.15) is 0 Å². The van der Waals surface area contributed by atoms with E-state index in [1.807, 2.05) is 30.3 Å². The van der Waals surface area contributed by atoms with Crippen LogP contribution in [0.4, 0.5) is 0 Å². The normalized spacial score (nSPS) is 17.2. The molecule has 1 fully saturated rings. The molecule has 0 aliphatic heterocycles. The van der Waals surface area contributed by atoms with Gasteiger partial charge in [-0.15, -0.1) is 0 Å². The molecule has 0 spiro atoms. The van der Waals surface area contributed by atoms with Crippen LogP contribution < -0.4 is 11.1 Å². The summed E-state index contributed by atoms with van der Waals surface area (Å²) in [5.41, 5.74) is 7.09. The smallest absolute Gasteiger partial charge is 0.237 e. The van der Waals surface area contributed by atoms with E-state index in [4.69, 9.17) is 5.73 Å². The zero-order valence-electron chi connectivity index (χ0n) is 14.3. The SMILES string of the molecule is CN(CCCNC(=O)C(N)Cc1ccccc1)C1CCCCC1. The van der Waals surface area contributed by atoms with Gasteiger partial charge in [0.2, 0.25) is 5.91 Å². The summed E-state index contributed by atoms with van der Waals surface area (Å²) in [5, 5.41) is 2.97. The fourth-order valence-corrected chi connectivity index (χ4v) is 3.34. The molecule has 0 aromatic heterocycles. The number of hydrogen-bond acceptors (Lipinski definition) is 3. The first-order valence-electron chi connectivity index (χ1n) is 8.94. The van der Waals surface area contributed by atoms with Gasteiger partial charge >= 0.3 is 0 Å². The zero-order valence-corrected chi connectivity index (χ0v) is 14.3. The van der Waals surface area contributed by atoms with Crippen molar-refractivity contribution < 1.29 is 4.79 Å². The maximum atomic E-state index is 12.0. The topological polar surface area (TPSA) is 58.4 Å². The third-order valence-corrected chi connectivity index (χ3v) is 4.82. The van der Waals surface area contributed by atoms with Crippen molar-refractivity contribution in [2.45, 2.75) is 57.0 Å². The van der Waals surface area contributed by atoms with Crippen molar-refractivity contribution in [1.29, 1.82) is 0 Å². The molecule has 0 heterocycles. The molecule has 128 valence electrons. The Morgan fingerprint density at radius 3 is 2.65 bits per heavy atom. The quantitative estimate of drug-likeness (QED) is 0.724. The Hall–Kier alpha value is -1.39. The van der Waals surface area contributed by atoms with Gasteiger partial charge in [0.15, 0.2) is 0 Å². The second kappa shape index (κ2) is 9.68. The van der Waals surface area contributed by atoms with Gasteiger partial charge < -0.3 is 16.0 Å². The van der Waals surface area contributed by atoms with E-state index in [1.54, 1.807) is 0 Å². The molecule has 2 rings (SSSR count). The van der Waals surface area contributed by atoms with Crippen LogP contribution in [0.15, 0.2) is 30.3 Å². The highest BCUT2D eigenvalue weighted by atomic mass is 16.2. The molecule has 1 unspecified atom stereocenters. The van der Waals surface area contributed by atoms with Gasteiger partial charge in [-0.25, -0.2) is 0 Å². The van der Waals surface area contributed by atoms with Crippen molar-refractivity contribution in [2.24, 2.45) is 5.73 Å². The molecular weight excluding hydrogens is 286 g/mol. The van der Waals surface area contributed by atoms with E-state index in [0.717, 1.165) is 24.6 Å². The van der Waals surface area contributed by atoms with E-state index in [1.165, 1.54) is 32.1 Å². The lowest BCUT2D eigenvalue weighted by atomic mass is 9.94. The van der Waals surface area contributed by atoms with Crippen molar-refractivity contribution >= 4 is 5.91 Å². The molecule has 0 radical (unpaired) electrons. The second-order valence-electron chi connectivity index (χ2n) is 6.71. The molecule has 1 saturated carbocycles. The van der Waals surface area contributed by atoms with Crippen LogP contribution in [0, 0.1) is 0 Å². The number of rotatable bonds is 8. The van der Waals surface area contributed by atoms with E-state index in [-0.39, 0.29) is 5.91 Å². The number of benzene rings is 1. The molecule has 1 aliphatic rings. The van der Waals surface area contributed by atoms with Crippen LogP contribution >= 0.6 is 0 Å². The predicted octanol–water partition coefficient (Wildman–Crippen LogP) is 2.33. The molecule has 23 heavy (non-hydrogen) atoms. The third kappa shape index (κ3) is 6.32. The van der Waals surface area contributed by atoms with Crippen LogP contribution in [-0.2, 0) is 11.2 Å². The molecule has 0 bridgehead atoms. The number of carbonyl (C=O) groups is 1. The summed E-state index contributed by atoms with van der Waals surface area (Å²) in [6, 6.07) is 10.2. The molecule has 4 nitrogen and oxygen atoms in total. The van der Waals surface area contributed by atoms with Crippen molar-refractivity contribution in [3.8, 4) is 0 Å². The Bertz CT molecular complexity index is 457. The average Bonchev–Trinajstić information content (AvgIpc) is 2.60. The van der Waals surface area contributed by atoms with Crippen molar-refractivity contribution in [1.82, 2.24) is 10.2 Å². The number of hydrogen-bond donors (Lipinski definition) is 2. The van der Waals surface area contributed by atoms with Gasteiger partial charge in [0.25, 0.3) is 0 Å². The van der Waals surface area contributed by atoms with Crippen LogP contribution in [0.1, 0.15) is 44.1 Å². The van der Waals surface area contributed by atoms with Crippen LogP contribution in [0.3, 0.4) is 0 Å². The summed E-state index contributed by atoms with van der Waals surface area (Å²) < 4.78 is 0. The highest BCUT2D eigenvalue weighted by Crippen LogP contribution is 2.21. The number of carbonyl (C=O) groups excluding carboxylic acids is 1. The summed E-state index contributed by atoms with van der Waals surface area (Å²) >= 11 is 0. The van der Waals surface area contributed by atoms with E-state index in [2.05, 4.69) is 17.3 Å². The Labute approximate surface area is 140 Å². The molecule has 4 heteroatoms. The van der Waals surface area contributed by atoms with E-state index < -0.39 is 6.04 Å². The molecule has 1 amide bonds. The van der Waals surface area contributed by atoms with Gasteiger partial charge in [-0.1, -0.05) is 49.6 Å². The number of nitrogens with two attached hydrogens (primary N) is 1. The first-order valence-corrected chi connectivity index (χ1v) is 8.94. The standard InChI is InChI=1S/C19H31N3O/c1-22(17-11-6-3-7-12-17)14-8-13-21-19(23)18(20)15-16-9-4-2-5-10-16/h2,4-5,9-10,17-18H,3,6-8,11-15,20H2,1H3,(H,21,23). The maximum absolute atomic E-state index is 12.0. The highest BCUT2D eigenvalue weighted by molar-refractivity contribution is 5.81. The third-order valence-electron chi connectivity index (χ3n) is 4.82. The highest BCUT2D eigenvalue weighted by Gasteiger charge is 2.18. The van der Waals surface area contributed by atoms with Crippen LogP contribution in [0.2, 0.25) is 0 Å². The largest absolute Gasteiger partial charge is 0.355 e. The summed E-state index contributed by atoms with van der Waals surface area (Å²) in [5.74, 6) is -0.0471. The maximum Gasteiger partial charge on any atom is 0.237 e. The number of nitrogens with zero attached hydrogens (tertiary/aromatic N) is 1. The van der Waals surface area contributed by atoms with Crippen molar-refractivity contribution in [2.75, 3.05) is 20.1 Å². The average molecular weight is 317 g/mol. The first-order chi connectivity index (χ1) is 11.2.